The van der Waals surface area contributed by atoms with Crippen molar-refractivity contribution in [1.82, 2.24) is 0 Å². The van der Waals surface area contributed by atoms with Crippen LogP contribution in [0, 0.1) is 23.2 Å². The zero-order valence-electron chi connectivity index (χ0n) is 18.9. The third kappa shape index (κ3) is 3.81. The monoisotopic (exact) mass is 432 g/mol. The maximum Gasteiger partial charge on any atom is 0.342 e. The molecule has 0 N–H and O–H groups in total. The second-order valence-corrected chi connectivity index (χ2v) is 10.3. The number of epoxide rings is 1. The van der Waals surface area contributed by atoms with Gasteiger partial charge in [-0.05, 0) is 37.7 Å². The zero-order chi connectivity index (χ0) is 22.6. The Hall–Kier alpha value is -2.15. The van der Waals surface area contributed by atoms with E-state index in [9.17, 15) is 14.4 Å². The molecule has 2 saturated heterocycles. The second-order valence-electron chi connectivity index (χ2n) is 10.3. The van der Waals surface area contributed by atoms with Crippen LogP contribution in [0.25, 0.3) is 0 Å². The molecule has 0 aromatic carbocycles. The lowest BCUT2D eigenvalue weighted by atomic mass is 9.68. The first-order valence-corrected chi connectivity index (χ1v) is 11.2. The molecule has 4 rings (SSSR count). The van der Waals surface area contributed by atoms with E-state index in [1.165, 1.54) is 0 Å². The van der Waals surface area contributed by atoms with Crippen LogP contribution in [0.1, 0.15) is 72.0 Å². The number of rotatable bonds is 3. The molecule has 0 unspecified atom stereocenters. The van der Waals surface area contributed by atoms with E-state index in [-0.39, 0.29) is 41.6 Å². The van der Waals surface area contributed by atoms with Crippen LogP contribution in [-0.2, 0) is 28.6 Å². The summed E-state index contributed by atoms with van der Waals surface area (Å²) in [5.74, 6) is -1.34. The van der Waals surface area contributed by atoms with Crippen molar-refractivity contribution < 1.29 is 33.0 Å². The van der Waals surface area contributed by atoms with Crippen molar-refractivity contribution in [3.63, 3.8) is 0 Å². The molecule has 31 heavy (non-hydrogen) atoms. The molecule has 7 heteroatoms. The lowest BCUT2D eigenvalue weighted by Gasteiger charge is -2.39. The lowest BCUT2D eigenvalue weighted by molar-refractivity contribution is -0.172. The second kappa shape index (κ2) is 7.76. The minimum absolute atomic E-state index is 0.0636. The highest BCUT2D eigenvalue weighted by Crippen LogP contribution is 2.57. The molecular formula is C24H32O7. The number of cyclic esters (lactones) is 1. The number of ether oxygens (including phenoxy) is 3. The number of furan rings is 1. The first-order valence-electron chi connectivity index (χ1n) is 11.2. The van der Waals surface area contributed by atoms with E-state index in [0.717, 1.165) is 5.56 Å². The predicted molar refractivity (Wildman–Crippen MR) is 110 cm³/mol. The van der Waals surface area contributed by atoms with Crippen LogP contribution < -0.4 is 0 Å². The summed E-state index contributed by atoms with van der Waals surface area (Å²) >= 11 is 0. The van der Waals surface area contributed by atoms with Gasteiger partial charge in [-0.15, -0.1) is 0 Å². The number of esters is 2. The van der Waals surface area contributed by atoms with Gasteiger partial charge in [-0.3, -0.25) is 9.59 Å². The van der Waals surface area contributed by atoms with Gasteiger partial charge in [-0.25, -0.2) is 4.79 Å². The van der Waals surface area contributed by atoms with E-state index < -0.39 is 23.2 Å². The topological polar surface area (TPSA) is 95.3 Å². The Labute approximate surface area is 182 Å². The largest absolute Gasteiger partial charge is 0.472 e. The first-order chi connectivity index (χ1) is 14.6. The lowest BCUT2D eigenvalue weighted by Crippen LogP contribution is -2.49. The summed E-state index contributed by atoms with van der Waals surface area (Å²) in [5.41, 5.74) is -0.841. The third-order valence-corrected chi connectivity index (χ3v) is 7.25. The highest BCUT2D eigenvalue weighted by molar-refractivity contribution is 5.90. The minimum atomic E-state index is -0.970. The minimum Gasteiger partial charge on any atom is -0.472 e. The summed E-state index contributed by atoms with van der Waals surface area (Å²) in [7, 11) is 0. The molecule has 1 spiro atoms. The number of carbonyl (C=O) groups excluding carboxylic acids is 3. The molecule has 1 aliphatic carbocycles. The fraction of sp³-hybridized carbons (Fsp3) is 0.708. The molecule has 1 aromatic rings. The van der Waals surface area contributed by atoms with Gasteiger partial charge in [0.2, 0.25) is 0 Å². The van der Waals surface area contributed by atoms with E-state index in [4.69, 9.17) is 18.6 Å². The standard InChI is InChI=1S/C24H32O7/c1-13(2)21(26)29-18-10-14(3)16-11-17(15-7-9-28-12-15)30-22(27)24(16)19(31-24)6-8-23(4,5)20(18)25/h7,9,12-14,16-19H,6,8,10-11H2,1-5H3/t14-,16+,17-,18+,19-,24+/m1/s1. The summed E-state index contributed by atoms with van der Waals surface area (Å²) in [6.07, 6.45) is 3.71. The molecule has 1 aromatic heterocycles. The molecular weight excluding hydrogens is 400 g/mol. The van der Waals surface area contributed by atoms with Gasteiger partial charge < -0.3 is 18.6 Å². The Morgan fingerprint density at radius 2 is 1.97 bits per heavy atom. The van der Waals surface area contributed by atoms with Crippen LogP contribution in [0.15, 0.2) is 23.0 Å². The van der Waals surface area contributed by atoms with Crippen LogP contribution in [0.5, 0.6) is 0 Å². The highest BCUT2D eigenvalue weighted by Gasteiger charge is 2.71. The predicted octanol–water partition coefficient (Wildman–Crippen LogP) is 4.00. The van der Waals surface area contributed by atoms with Crippen LogP contribution in [-0.4, -0.2) is 35.5 Å². The summed E-state index contributed by atoms with van der Waals surface area (Å²) in [6, 6.07) is 1.80. The smallest absolute Gasteiger partial charge is 0.342 e. The van der Waals surface area contributed by atoms with Crippen molar-refractivity contribution in [2.24, 2.45) is 23.2 Å². The van der Waals surface area contributed by atoms with E-state index in [0.29, 0.717) is 25.7 Å². The Morgan fingerprint density at radius 3 is 2.61 bits per heavy atom. The van der Waals surface area contributed by atoms with Gasteiger partial charge in [0.25, 0.3) is 0 Å². The Morgan fingerprint density at radius 1 is 1.23 bits per heavy atom. The van der Waals surface area contributed by atoms with Gasteiger partial charge in [0.1, 0.15) is 6.10 Å². The summed E-state index contributed by atoms with van der Waals surface area (Å²) in [5, 5.41) is 0. The van der Waals surface area contributed by atoms with Crippen LogP contribution in [0.3, 0.4) is 0 Å². The molecule has 3 fully saturated rings. The Balaban J connectivity index is 1.65. The average Bonchev–Trinajstić information content (AvgIpc) is 3.15. The van der Waals surface area contributed by atoms with Gasteiger partial charge in [0, 0.05) is 16.9 Å². The molecule has 0 bridgehead atoms. The van der Waals surface area contributed by atoms with Crippen molar-refractivity contribution in [1.29, 1.82) is 0 Å². The quantitative estimate of drug-likeness (QED) is 0.526. The first kappa shape index (κ1) is 22.1. The number of carbonyl (C=O) groups is 3. The van der Waals surface area contributed by atoms with Crippen LogP contribution in [0.4, 0.5) is 0 Å². The van der Waals surface area contributed by atoms with Crippen molar-refractivity contribution in [3.05, 3.63) is 24.2 Å². The Kier molecular flexibility index (Phi) is 5.53. The van der Waals surface area contributed by atoms with Gasteiger partial charge in [0.05, 0.1) is 24.5 Å². The van der Waals surface area contributed by atoms with Crippen molar-refractivity contribution >= 4 is 17.7 Å². The highest BCUT2D eigenvalue weighted by atomic mass is 16.7. The molecule has 3 aliphatic rings. The zero-order valence-corrected chi connectivity index (χ0v) is 18.9. The molecule has 6 atom stereocenters. The molecule has 7 nitrogen and oxygen atoms in total. The SMILES string of the molecule is CC(C)C(=O)O[C@H]1C[C@@H](C)[C@@H]2C[C@H](c3ccoc3)OC(=O)[C@]23O[C@@H]3CCC(C)(C)C1=O. The summed E-state index contributed by atoms with van der Waals surface area (Å²) < 4.78 is 22.7. The molecule has 170 valence electrons. The number of hydrogen-bond donors (Lipinski definition) is 0. The maximum atomic E-state index is 13.4. The Bertz CT molecular complexity index is 855. The van der Waals surface area contributed by atoms with Crippen molar-refractivity contribution in [3.8, 4) is 0 Å². The van der Waals surface area contributed by atoms with Crippen LogP contribution >= 0.6 is 0 Å². The number of ketones is 1. The molecule has 2 aliphatic heterocycles. The van der Waals surface area contributed by atoms with Gasteiger partial charge in [-0.1, -0.05) is 34.6 Å². The van der Waals surface area contributed by atoms with Crippen molar-refractivity contribution in [2.45, 2.75) is 84.2 Å². The molecule has 0 amide bonds. The van der Waals surface area contributed by atoms with E-state index >= 15 is 0 Å². The van der Waals surface area contributed by atoms with Crippen LogP contribution in [0.2, 0.25) is 0 Å². The van der Waals surface area contributed by atoms with Gasteiger partial charge in [0.15, 0.2) is 17.5 Å². The normalized spacial score (nSPS) is 37.4. The average molecular weight is 433 g/mol. The van der Waals surface area contributed by atoms with Gasteiger partial charge in [-0.2, -0.15) is 0 Å². The fourth-order valence-corrected chi connectivity index (χ4v) is 5.16. The molecule has 0 radical (unpaired) electrons. The molecule has 3 heterocycles. The van der Waals surface area contributed by atoms with Gasteiger partial charge >= 0.3 is 11.9 Å². The number of hydrogen-bond acceptors (Lipinski definition) is 7. The molecule has 1 saturated carbocycles. The summed E-state index contributed by atoms with van der Waals surface area (Å²) in [6.45, 7) is 9.27. The van der Waals surface area contributed by atoms with E-state index in [2.05, 4.69) is 0 Å². The number of Topliss-reactive ketones (excluding diaryl/α,β-unsaturated/α-hetero) is 1. The maximum absolute atomic E-state index is 13.4. The third-order valence-electron chi connectivity index (χ3n) is 7.25. The fourth-order valence-electron chi connectivity index (χ4n) is 5.16. The van der Waals surface area contributed by atoms with Crippen molar-refractivity contribution in [2.75, 3.05) is 0 Å². The van der Waals surface area contributed by atoms with E-state index in [1.54, 1.807) is 32.4 Å². The summed E-state index contributed by atoms with van der Waals surface area (Å²) in [4.78, 5) is 38.9. The van der Waals surface area contributed by atoms with E-state index in [1.807, 2.05) is 20.8 Å².